The van der Waals surface area contributed by atoms with E-state index in [2.05, 4.69) is 32.1 Å². The Balaban J connectivity index is 2.00. The number of halogens is 1. The topological polar surface area (TPSA) is 71.9 Å². The van der Waals surface area contributed by atoms with Crippen LogP contribution >= 0.6 is 27.3 Å². The van der Waals surface area contributed by atoms with Crippen molar-refractivity contribution < 1.29 is 9.26 Å². The van der Waals surface area contributed by atoms with E-state index in [1.165, 1.54) is 11.3 Å². The molecule has 5 nitrogen and oxygen atoms in total. The van der Waals surface area contributed by atoms with Gasteiger partial charge in [-0.2, -0.15) is 5.26 Å². The number of aromatic nitrogens is 2. The van der Waals surface area contributed by atoms with Crippen molar-refractivity contribution in [3.8, 4) is 16.8 Å². The van der Waals surface area contributed by atoms with Gasteiger partial charge < -0.3 is 9.26 Å². The van der Waals surface area contributed by atoms with Crippen LogP contribution in [-0.4, -0.2) is 17.3 Å². The summed E-state index contributed by atoms with van der Waals surface area (Å²) in [4.78, 5) is 4.21. The molecule has 0 saturated carbocycles. The summed E-state index contributed by atoms with van der Waals surface area (Å²) in [5, 5.41) is 15.8. The van der Waals surface area contributed by atoms with E-state index in [0.29, 0.717) is 17.0 Å². The molecule has 110 valence electrons. The van der Waals surface area contributed by atoms with Crippen LogP contribution in [0.5, 0.6) is 0 Å². The second-order valence-corrected chi connectivity index (χ2v) is 6.16. The third-order valence-corrected chi connectivity index (χ3v) is 4.60. The van der Waals surface area contributed by atoms with Crippen LogP contribution in [0.15, 0.2) is 44.8 Å². The quantitative estimate of drug-likeness (QED) is 0.684. The Morgan fingerprint density at radius 2 is 2.27 bits per heavy atom. The number of nitrogens with zero attached hydrogens (tertiary/aromatic N) is 3. The van der Waals surface area contributed by atoms with E-state index in [0.717, 1.165) is 15.0 Å². The SMILES string of the molecule is COC(c1cc(-c2nccs2)no1)c1cc(C#N)ccc1Br. The van der Waals surface area contributed by atoms with E-state index in [9.17, 15) is 0 Å². The van der Waals surface area contributed by atoms with Crippen LogP contribution in [0.1, 0.15) is 23.0 Å². The van der Waals surface area contributed by atoms with Crippen LogP contribution in [0.4, 0.5) is 0 Å². The Kier molecular flexibility index (Phi) is 4.34. The van der Waals surface area contributed by atoms with E-state index >= 15 is 0 Å². The Morgan fingerprint density at radius 3 is 2.95 bits per heavy atom. The van der Waals surface area contributed by atoms with Crippen LogP contribution in [0.3, 0.4) is 0 Å². The largest absolute Gasteiger partial charge is 0.369 e. The van der Waals surface area contributed by atoms with Crippen molar-refractivity contribution in [1.29, 1.82) is 5.26 Å². The molecule has 1 aromatic carbocycles. The molecule has 2 aromatic heterocycles. The van der Waals surface area contributed by atoms with E-state index in [-0.39, 0.29) is 0 Å². The highest BCUT2D eigenvalue weighted by Crippen LogP contribution is 2.34. The molecular formula is C15H10BrN3O2S. The molecule has 0 bridgehead atoms. The van der Waals surface area contributed by atoms with Gasteiger partial charge in [-0.15, -0.1) is 11.3 Å². The number of benzene rings is 1. The molecule has 0 N–H and O–H groups in total. The van der Waals surface area contributed by atoms with Crippen molar-refractivity contribution in [2.24, 2.45) is 0 Å². The first-order valence-corrected chi connectivity index (χ1v) is 7.99. The summed E-state index contributed by atoms with van der Waals surface area (Å²) in [6.07, 6.45) is 1.26. The van der Waals surface area contributed by atoms with Crippen LogP contribution in [0.2, 0.25) is 0 Å². The molecule has 2 heterocycles. The van der Waals surface area contributed by atoms with E-state index in [4.69, 9.17) is 14.5 Å². The summed E-state index contributed by atoms with van der Waals surface area (Å²) < 4.78 is 11.8. The number of rotatable bonds is 4. The standard InChI is InChI=1S/C15H10BrN3O2S/c1-20-14(10-6-9(8-17)2-3-11(10)16)13-7-12(19-21-13)15-18-4-5-22-15/h2-7,14H,1H3. The first-order valence-electron chi connectivity index (χ1n) is 6.31. The number of ether oxygens (including phenoxy) is 1. The minimum Gasteiger partial charge on any atom is -0.369 e. The molecule has 0 aliphatic rings. The van der Waals surface area contributed by atoms with Crippen LogP contribution in [0.25, 0.3) is 10.7 Å². The van der Waals surface area contributed by atoms with E-state index in [1.807, 2.05) is 11.4 Å². The van der Waals surface area contributed by atoms with Gasteiger partial charge in [0, 0.05) is 34.8 Å². The fourth-order valence-corrected chi connectivity index (χ4v) is 3.12. The zero-order valence-corrected chi connectivity index (χ0v) is 13.9. The van der Waals surface area contributed by atoms with E-state index in [1.54, 1.807) is 31.5 Å². The maximum atomic E-state index is 9.06. The van der Waals surface area contributed by atoms with Gasteiger partial charge in [-0.25, -0.2) is 4.98 Å². The number of methoxy groups -OCH3 is 1. The van der Waals surface area contributed by atoms with Crippen molar-refractivity contribution in [2.45, 2.75) is 6.10 Å². The summed E-state index contributed by atoms with van der Waals surface area (Å²) in [6.45, 7) is 0. The number of hydrogen-bond acceptors (Lipinski definition) is 6. The lowest BCUT2D eigenvalue weighted by Gasteiger charge is -2.14. The molecule has 22 heavy (non-hydrogen) atoms. The third kappa shape index (κ3) is 2.81. The second kappa shape index (κ2) is 6.40. The molecule has 0 fully saturated rings. The molecule has 1 atom stereocenters. The molecule has 0 radical (unpaired) electrons. The van der Waals surface area contributed by atoms with Crippen molar-refractivity contribution in [2.75, 3.05) is 7.11 Å². The Morgan fingerprint density at radius 1 is 1.41 bits per heavy atom. The molecular weight excluding hydrogens is 366 g/mol. The predicted octanol–water partition coefficient (Wildman–Crippen LogP) is 4.17. The predicted molar refractivity (Wildman–Crippen MR) is 85.3 cm³/mol. The van der Waals surface area contributed by atoms with Crippen LogP contribution in [0, 0.1) is 11.3 Å². The fourth-order valence-electron chi connectivity index (χ4n) is 2.07. The molecule has 1 unspecified atom stereocenters. The molecule has 0 amide bonds. The smallest absolute Gasteiger partial charge is 0.170 e. The summed E-state index contributed by atoms with van der Waals surface area (Å²) in [5.74, 6) is 0.559. The molecule has 0 aliphatic carbocycles. The normalized spacial score (nSPS) is 12.0. The molecule has 0 spiro atoms. The number of hydrogen-bond donors (Lipinski definition) is 0. The van der Waals surface area contributed by atoms with Gasteiger partial charge in [0.05, 0.1) is 11.6 Å². The maximum Gasteiger partial charge on any atom is 0.170 e. The van der Waals surface area contributed by atoms with Gasteiger partial charge in [-0.05, 0) is 18.2 Å². The number of nitriles is 1. The number of thiazole rings is 1. The minimum atomic E-state index is -0.455. The Hall–Kier alpha value is -2.01. The molecule has 0 saturated heterocycles. The molecule has 7 heteroatoms. The van der Waals surface area contributed by atoms with Crippen molar-refractivity contribution in [1.82, 2.24) is 10.1 Å². The lowest BCUT2D eigenvalue weighted by Crippen LogP contribution is -2.03. The van der Waals surface area contributed by atoms with Crippen molar-refractivity contribution >= 4 is 27.3 Å². The van der Waals surface area contributed by atoms with Gasteiger partial charge >= 0.3 is 0 Å². The molecule has 3 aromatic rings. The first kappa shape index (κ1) is 14.9. The summed E-state index contributed by atoms with van der Waals surface area (Å²) >= 11 is 4.97. The minimum absolute atomic E-state index is 0.455. The zero-order chi connectivity index (χ0) is 15.5. The summed E-state index contributed by atoms with van der Waals surface area (Å²) in [7, 11) is 1.59. The maximum absolute atomic E-state index is 9.06. The average molecular weight is 376 g/mol. The van der Waals surface area contributed by atoms with Gasteiger partial charge in [0.25, 0.3) is 0 Å². The van der Waals surface area contributed by atoms with Crippen molar-refractivity contribution in [3.05, 3.63) is 57.2 Å². The summed E-state index contributed by atoms with van der Waals surface area (Å²) in [6, 6.07) is 9.25. The Labute approximate surface area is 139 Å². The molecule has 3 rings (SSSR count). The highest BCUT2D eigenvalue weighted by molar-refractivity contribution is 9.10. The van der Waals surface area contributed by atoms with E-state index < -0.39 is 6.10 Å². The highest BCUT2D eigenvalue weighted by atomic mass is 79.9. The first-order chi connectivity index (χ1) is 10.7. The van der Waals surface area contributed by atoms with Gasteiger partial charge in [-0.3, -0.25) is 0 Å². The highest BCUT2D eigenvalue weighted by Gasteiger charge is 2.22. The third-order valence-electron chi connectivity index (χ3n) is 3.08. The van der Waals surface area contributed by atoms with Crippen molar-refractivity contribution in [3.63, 3.8) is 0 Å². The lowest BCUT2D eigenvalue weighted by atomic mass is 10.0. The van der Waals surface area contributed by atoms with Gasteiger partial charge in [-0.1, -0.05) is 21.1 Å². The lowest BCUT2D eigenvalue weighted by molar-refractivity contribution is 0.109. The van der Waals surface area contributed by atoms with Crippen LogP contribution in [-0.2, 0) is 4.74 Å². The Bertz CT molecular complexity index is 824. The van der Waals surface area contributed by atoms with Gasteiger partial charge in [0.2, 0.25) is 0 Å². The molecule has 0 aliphatic heterocycles. The zero-order valence-electron chi connectivity index (χ0n) is 11.5. The van der Waals surface area contributed by atoms with Gasteiger partial charge in [0.1, 0.15) is 16.8 Å². The average Bonchev–Trinajstić information content (AvgIpc) is 3.20. The summed E-state index contributed by atoms with van der Waals surface area (Å²) in [5.41, 5.74) is 2.03. The monoisotopic (exact) mass is 375 g/mol. The van der Waals surface area contributed by atoms with Gasteiger partial charge in [0.15, 0.2) is 5.76 Å². The fraction of sp³-hybridized carbons (Fsp3) is 0.133. The van der Waals surface area contributed by atoms with Crippen LogP contribution < -0.4 is 0 Å². The second-order valence-electron chi connectivity index (χ2n) is 4.42.